The maximum Gasteiger partial charge on any atom is 0.187 e. The lowest BCUT2D eigenvalue weighted by atomic mass is 9.96. The van der Waals surface area contributed by atoms with Crippen molar-refractivity contribution in [2.24, 2.45) is 0 Å². The van der Waals surface area contributed by atoms with E-state index >= 15 is 0 Å². The molecule has 2 fully saturated rings. The molecule has 11 heteroatoms. The van der Waals surface area contributed by atoms with Gasteiger partial charge >= 0.3 is 0 Å². The first-order valence-electron chi connectivity index (χ1n) is 22.6. The average Bonchev–Trinajstić information content (AvgIpc) is 3.37. The lowest BCUT2D eigenvalue weighted by molar-refractivity contribution is -0.372. The van der Waals surface area contributed by atoms with E-state index < -0.39 is 61.4 Å². The minimum Gasteiger partial charge on any atom is -0.387 e. The van der Waals surface area contributed by atoms with Crippen molar-refractivity contribution >= 4 is 0 Å². The van der Waals surface area contributed by atoms with Gasteiger partial charge in [-0.3, -0.25) is 0 Å². The average molecular weight is 897 g/mol. The Kier molecular flexibility index (Phi) is 18.0. The molecule has 1 N–H and O–H groups in total. The van der Waals surface area contributed by atoms with Crippen LogP contribution in [-0.4, -0.2) is 86.8 Å². The molecule has 0 aromatic heterocycles. The zero-order valence-electron chi connectivity index (χ0n) is 37.3. The van der Waals surface area contributed by atoms with Crippen molar-refractivity contribution in [2.45, 2.75) is 101 Å². The molecule has 2 heterocycles. The summed E-state index contributed by atoms with van der Waals surface area (Å²) in [4.78, 5) is 0. The molecule has 6 aromatic carbocycles. The molecule has 0 unspecified atom stereocenters. The first kappa shape index (κ1) is 47.4. The summed E-state index contributed by atoms with van der Waals surface area (Å²) in [5.41, 5.74) is 5.82. The summed E-state index contributed by atoms with van der Waals surface area (Å²) in [7, 11) is 1.53. The van der Waals surface area contributed by atoms with Crippen LogP contribution in [0.2, 0.25) is 0 Å². The summed E-state index contributed by atoms with van der Waals surface area (Å²) in [6, 6.07) is 59.5. The summed E-state index contributed by atoms with van der Waals surface area (Å²) in [5, 5.41) is 12.5. The molecule has 2 saturated heterocycles. The van der Waals surface area contributed by atoms with Crippen LogP contribution in [0.15, 0.2) is 182 Å². The van der Waals surface area contributed by atoms with Crippen molar-refractivity contribution in [3.05, 3.63) is 215 Å². The molecule has 0 amide bonds. The number of rotatable bonds is 23. The highest BCUT2D eigenvalue weighted by molar-refractivity contribution is 5.18. The number of aliphatic hydroxyl groups excluding tert-OH is 1. The van der Waals surface area contributed by atoms with E-state index in [0.29, 0.717) is 13.2 Å². The van der Waals surface area contributed by atoms with Gasteiger partial charge in [0, 0.05) is 7.11 Å². The minimum absolute atomic E-state index is 0.0600. The quantitative estimate of drug-likeness (QED) is 0.0668. The molecule has 66 heavy (non-hydrogen) atoms. The summed E-state index contributed by atoms with van der Waals surface area (Å²) in [6.07, 6.45) is -9.22. The molecule has 2 aliphatic rings. The van der Waals surface area contributed by atoms with Gasteiger partial charge < -0.3 is 52.5 Å². The van der Waals surface area contributed by atoms with Crippen molar-refractivity contribution in [3.8, 4) is 0 Å². The molecule has 0 spiro atoms. The highest BCUT2D eigenvalue weighted by Crippen LogP contribution is 2.36. The van der Waals surface area contributed by atoms with Crippen LogP contribution < -0.4 is 0 Å². The number of ether oxygens (including phenoxy) is 10. The van der Waals surface area contributed by atoms with E-state index in [2.05, 4.69) is 0 Å². The molecule has 2 aliphatic heterocycles. The van der Waals surface area contributed by atoms with Crippen LogP contribution in [0.25, 0.3) is 0 Å². The third kappa shape index (κ3) is 13.5. The first-order valence-corrected chi connectivity index (χ1v) is 22.6. The van der Waals surface area contributed by atoms with Crippen LogP contribution in [0, 0.1) is 0 Å². The van der Waals surface area contributed by atoms with E-state index in [9.17, 15) is 5.11 Å². The normalized spacial score (nSPS) is 25.4. The van der Waals surface area contributed by atoms with Crippen molar-refractivity contribution in [2.75, 3.05) is 20.3 Å². The fourth-order valence-electron chi connectivity index (χ4n) is 8.21. The van der Waals surface area contributed by atoms with Gasteiger partial charge in [-0.05, 0) is 33.4 Å². The minimum atomic E-state index is -1.26. The fraction of sp³-hybridized carbons (Fsp3) is 0.345. The Labute approximate surface area is 388 Å². The van der Waals surface area contributed by atoms with Crippen LogP contribution in [0.1, 0.15) is 33.4 Å². The third-order valence-corrected chi connectivity index (χ3v) is 11.7. The summed E-state index contributed by atoms with van der Waals surface area (Å²) < 4.78 is 66.5. The predicted octanol–water partition coefficient (Wildman–Crippen LogP) is 8.60. The maximum absolute atomic E-state index is 12.5. The highest BCUT2D eigenvalue weighted by atomic mass is 16.8. The van der Waals surface area contributed by atoms with Crippen LogP contribution in [0.3, 0.4) is 0 Å². The van der Waals surface area contributed by atoms with Crippen LogP contribution in [0.5, 0.6) is 0 Å². The van der Waals surface area contributed by atoms with Gasteiger partial charge in [-0.1, -0.05) is 182 Å². The van der Waals surface area contributed by atoms with E-state index in [0.717, 1.165) is 33.4 Å². The van der Waals surface area contributed by atoms with Gasteiger partial charge in [0.05, 0.1) is 52.9 Å². The number of hydrogen-bond acceptors (Lipinski definition) is 11. The van der Waals surface area contributed by atoms with E-state index in [1.54, 1.807) is 0 Å². The molecule has 8 rings (SSSR count). The maximum atomic E-state index is 12.5. The van der Waals surface area contributed by atoms with Crippen molar-refractivity contribution in [1.29, 1.82) is 0 Å². The largest absolute Gasteiger partial charge is 0.387 e. The number of methoxy groups -OCH3 is 1. The molecule has 346 valence electrons. The zero-order chi connectivity index (χ0) is 45.2. The molecule has 0 aliphatic carbocycles. The Morgan fingerprint density at radius 1 is 0.364 bits per heavy atom. The smallest absolute Gasteiger partial charge is 0.187 e. The molecule has 10 atom stereocenters. The monoisotopic (exact) mass is 896 g/mol. The second kappa shape index (κ2) is 25.1. The summed E-state index contributed by atoms with van der Waals surface area (Å²) in [5.74, 6) is 0. The molecule has 0 radical (unpaired) electrons. The van der Waals surface area contributed by atoms with E-state index in [-0.39, 0.29) is 39.6 Å². The van der Waals surface area contributed by atoms with E-state index in [1.807, 2.05) is 182 Å². The van der Waals surface area contributed by atoms with Crippen LogP contribution in [-0.2, 0) is 87.0 Å². The number of hydrogen-bond donors (Lipinski definition) is 1. The molecule has 11 nitrogen and oxygen atoms in total. The highest BCUT2D eigenvalue weighted by Gasteiger charge is 2.54. The number of benzene rings is 6. The van der Waals surface area contributed by atoms with Crippen LogP contribution in [0.4, 0.5) is 0 Å². The summed E-state index contributed by atoms with van der Waals surface area (Å²) >= 11 is 0. The lowest BCUT2D eigenvalue weighted by Crippen LogP contribution is -2.66. The first-order chi connectivity index (χ1) is 32.6. The third-order valence-electron chi connectivity index (χ3n) is 11.7. The van der Waals surface area contributed by atoms with E-state index in [1.165, 1.54) is 7.11 Å². The lowest BCUT2D eigenvalue weighted by Gasteiger charge is -2.49. The molecule has 0 bridgehead atoms. The van der Waals surface area contributed by atoms with Crippen molar-refractivity contribution < 1.29 is 52.5 Å². The van der Waals surface area contributed by atoms with Crippen molar-refractivity contribution in [3.63, 3.8) is 0 Å². The molecule has 6 aromatic rings. The SMILES string of the molecule is CO[C@H]1O[C@H](COCc2ccccc2)[C@@H](O[C@H]2O[C@H](COCc3ccccc3)[C@@H](OCc3ccccc3)[C@H](OCc3ccccc3)[C@H]2OCc2ccccc2)[C@H](O)[C@H]1OCc1ccccc1. The van der Waals surface area contributed by atoms with Gasteiger partial charge in [0.2, 0.25) is 0 Å². The Bertz CT molecular complexity index is 2220. The second-order valence-corrected chi connectivity index (χ2v) is 16.5. The van der Waals surface area contributed by atoms with E-state index in [4.69, 9.17) is 47.4 Å². The van der Waals surface area contributed by atoms with Gasteiger partial charge in [-0.15, -0.1) is 0 Å². The fourth-order valence-corrected chi connectivity index (χ4v) is 8.21. The van der Waals surface area contributed by atoms with Crippen LogP contribution >= 0.6 is 0 Å². The Hall–Kier alpha value is -5.12. The topological polar surface area (TPSA) is 113 Å². The second-order valence-electron chi connectivity index (χ2n) is 16.5. The Morgan fingerprint density at radius 2 is 0.682 bits per heavy atom. The summed E-state index contributed by atoms with van der Waals surface area (Å²) in [6.45, 7) is 1.79. The standard InChI is InChI=1S/C55H60O11/c1-57-54-51(61-35-43-26-14-5-15-27-43)48(56)49(46(64-54)38-58-32-40-20-8-2-9-21-40)66-55-53(63-37-45-30-18-7-19-31-45)52(62-36-44-28-16-6-17-29-44)50(60-34-42-24-12-4-13-25-42)47(65-55)39-59-33-41-22-10-3-11-23-41/h2-31,46-56H,32-39H2,1H3/t46-,47-,48+,49-,50-,51-,52+,53-,54+,55-/m1/s1. The predicted molar refractivity (Wildman–Crippen MR) is 247 cm³/mol. The molecular weight excluding hydrogens is 837 g/mol. The Balaban J connectivity index is 1.14. The molecule has 0 saturated carbocycles. The van der Waals surface area contributed by atoms with Gasteiger partial charge in [0.15, 0.2) is 12.6 Å². The number of aliphatic hydroxyl groups is 1. The van der Waals surface area contributed by atoms with Crippen molar-refractivity contribution in [1.82, 2.24) is 0 Å². The van der Waals surface area contributed by atoms with Gasteiger partial charge in [0.1, 0.15) is 48.8 Å². The van der Waals surface area contributed by atoms with Gasteiger partial charge in [-0.2, -0.15) is 0 Å². The zero-order valence-corrected chi connectivity index (χ0v) is 37.3. The van der Waals surface area contributed by atoms with Gasteiger partial charge in [-0.25, -0.2) is 0 Å². The Morgan fingerprint density at radius 3 is 1.08 bits per heavy atom. The van der Waals surface area contributed by atoms with Gasteiger partial charge in [0.25, 0.3) is 0 Å². The molecular formula is C55H60O11.